The van der Waals surface area contributed by atoms with Crippen LogP contribution in [-0.4, -0.2) is 58.5 Å². The molecule has 1 aromatic rings. The Hall–Kier alpha value is -2.44. The number of nitriles is 2. The van der Waals surface area contributed by atoms with Crippen molar-refractivity contribution < 1.29 is 22.4 Å². The Labute approximate surface area is 242 Å². The van der Waals surface area contributed by atoms with E-state index < -0.39 is 30.0 Å². The third-order valence-electron chi connectivity index (χ3n) is 7.67. The normalized spacial score (nSPS) is 16.6. The average molecular weight is 591 g/mol. The van der Waals surface area contributed by atoms with Gasteiger partial charge in [-0.2, -0.15) is 14.8 Å². The Morgan fingerprint density at radius 1 is 1.15 bits per heavy atom. The Morgan fingerprint density at radius 3 is 2.30 bits per heavy atom. The molecule has 0 radical (unpaired) electrons. The molecule has 1 N–H and O–H groups in total. The summed E-state index contributed by atoms with van der Waals surface area (Å²) in [4.78, 5) is 12.3. The van der Waals surface area contributed by atoms with Crippen LogP contribution in [0.3, 0.4) is 0 Å². The van der Waals surface area contributed by atoms with Crippen molar-refractivity contribution in [1.82, 2.24) is 9.62 Å². The number of amides is 1. The summed E-state index contributed by atoms with van der Waals surface area (Å²) in [5, 5.41) is 21.8. The van der Waals surface area contributed by atoms with Gasteiger partial charge in [-0.25, -0.2) is 13.2 Å². The molecule has 1 fully saturated rings. The van der Waals surface area contributed by atoms with Gasteiger partial charge >= 0.3 is 6.09 Å². The van der Waals surface area contributed by atoms with Crippen molar-refractivity contribution in [3.63, 3.8) is 0 Å². The standard InChI is InChI=1S/C29H46N4O5SSi/c1-28(2,3)38-27(34)32-25-13-16-33(17-14-25)39(35,36)26-12-11-23(20-31)24(19-26)18-22(10-9-15-30)21-37-40(7,8)29(4,5)6/h11-12,19,22,25H,9-10,13-14,16-18,21H2,1-8H3,(H,32,34). The van der Waals surface area contributed by atoms with E-state index in [0.29, 0.717) is 49.8 Å². The first-order valence-corrected chi connectivity index (χ1v) is 18.3. The van der Waals surface area contributed by atoms with Crippen LogP contribution in [0.15, 0.2) is 23.1 Å². The van der Waals surface area contributed by atoms with Gasteiger partial charge in [-0.1, -0.05) is 20.8 Å². The van der Waals surface area contributed by atoms with Crippen LogP contribution in [0.1, 0.15) is 78.4 Å². The van der Waals surface area contributed by atoms with Gasteiger partial charge in [0.15, 0.2) is 8.32 Å². The highest BCUT2D eigenvalue weighted by atomic mass is 32.2. The SMILES string of the molecule is CC(C)(C)OC(=O)NC1CCN(S(=O)(=O)c2ccc(C#N)c(CC(CCC#N)CO[Si](C)(C)C(C)(C)C)c2)CC1. The lowest BCUT2D eigenvalue weighted by Crippen LogP contribution is -2.47. The summed E-state index contributed by atoms with van der Waals surface area (Å²) in [6.45, 7) is 17.2. The third-order valence-corrected chi connectivity index (χ3v) is 14.1. The quantitative estimate of drug-likeness (QED) is 0.345. The molecule has 9 nitrogen and oxygen atoms in total. The van der Waals surface area contributed by atoms with E-state index in [1.807, 2.05) is 0 Å². The van der Waals surface area contributed by atoms with Gasteiger partial charge in [0.25, 0.3) is 0 Å². The highest BCUT2D eigenvalue weighted by molar-refractivity contribution is 7.89. The molecular weight excluding hydrogens is 544 g/mol. The predicted octanol–water partition coefficient (Wildman–Crippen LogP) is 5.72. The van der Waals surface area contributed by atoms with Crippen LogP contribution >= 0.6 is 0 Å². The molecular formula is C29H46N4O5SSi. The van der Waals surface area contributed by atoms with Crippen molar-refractivity contribution in [2.75, 3.05) is 19.7 Å². The van der Waals surface area contributed by atoms with E-state index in [9.17, 15) is 23.7 Å². The lowest BCUT2D eigenvalue weighted by molar-refractivity contribution is 0.0489. The molecule has 0 aliphatic carbocycles. The number of ether oxygens (including phenoxy) is 1. The zero-order valence-electron chi connectivity index (χ0n) is 25.3. The second kappa shape index (κ2) is 13.5. The number of carbonyl (C=O) groups is 1. The zero-order valence-corrected chi connectivity index (χ0v) is 27.2. The smallest absolute Gasteiger partial charge is 0.407 e. The zero-order chi connectivity index (χ0) is 30.4. The van der Waals surface area contributed by atoms with Crippen LogP contribution < -0.4 is 5.32 Å². The molecule has 0 bridgehead atoms. The number of piperidine rings is 1. The van der Waals surface area contributed by atoms with E-state index in [4.69, 9.17) is 9.16 Å². The molecule has 1 aromatic carbocycles. The summed E-state index contributed by atoms with van der Waals surface area (Å²) in [5.41, 5.74) is 0.464. The van der Waals surface area contributed by atoms with E-state index in [1.165, 1.54) is 10.4 Å². The second-order valence-corrected chi connectivity index (χ2v) is 19.8. The maximum Gasteiger partial charge on any atom is 0.407 e. The molecule has 2 rings (SSSR count). The van der Waals surface area contributed by atoms with Crippen LogP contribution in [0.4, 0.5) is 4.79 Å². The van der Waals surface area contributed by atoms with E-state index in [-0.39, 0.29) is 35.0 Å². The van der Waals surface area contributed by atoms with Gasteiger partial charge in [0.05, 0.1) is 22.6 Å². The van der Waals surface area contributed by atoms with E-state index in [1.54, 1.807) is 32.9 Å². The van der Waals surface area contributed by atoms with Crippen molar-refractivity contribution in [2.24, 2.45) is 5.92 Å². The molecule has 222 valence electrons. The number of rotatable bonds is 10. The molecule has 0 aromatic heterocycles. The topological polar surface area (TPSA) is 133 Å². The summed E-state index contributed by atoms with van der Waals surface area (Å²) in [6, 6.07) is 8.88. The minimum absolute atomic E-state index is 0.0199. The van der Waals surface area contributed by atoms with Gasteiger partial charge in [-0.15, -0.1) is 0 Å². The van der Waals surface area contributed by atoms with Crippen LogP contribution in [-0.2, 0) is 25.6 Å². The fourth-order valence-corrected chi connectivity index (χ4v) is 6.85. The molecule has 0 spiro atoms. The number of hydrogen-bond acceptors (Lipinski definition) is 7. The Morgan fingerprint density at radius 2 is 1.77 bits per heavy atom. The molecule has 1 heterocycles. The summed E-state index contributed by atoms with van der Waals surface area (Å²) in [6.07, 6.45) is 1.85. The van der Waals surface area contributed by atoms with Crippen molar-refractivity contribution in [3.8, 4) is 12.1 Å². The minimum atomic E-state index is -3.79. The fourth-order valence-electron chi connectivity index (χ4n) is 4.24. The number of sulfonamides is 1. The average Bonchev–Trinajstić information content (AvgIpc) is 2.84. The molecule has 11 heteroatoms. The molecule has 1 amide bonds. The third kappa shape index (κ3) is 9.59. The lowest BCUT2D eigenvalue weighted by atomic mass is 9.93. The first-order valence-electron chi connectivity index (χ1n) is 13.9. The van der Waals surface area contributed by atoms with Crippen LogP contribution in [0, 0.1) is 28.6 Å². The number of nitrogens with zero attached hydrogens (tertiary/aromatic N) is 3. The van der Waals surface area contributed by atoms with Crippen molar-refractivity contribution in [1.29, 1.82) is 10.5 Å². The number of carbonyl (C=O) groups excluding carboxylic acids is 1. The van der Waals surface area contributed by atoms with Crippen LogP contribution in [0.25, 0.3) is 0 Å². The number of nitrogens with one attached hydrogen (secondary N) is 1. The molecule has 40 heavy (non-hydrogen) atoms. The van der Waals surface area contributed by atoms with Gasteiger partial charge in [0.1, 0.15) is 5.60 Å². The van der Waals surface area contributed by atoms with Crippen molar-refractivity contribution >= 4 is 24.4 Å². The Bertz CT molecular complexity index is 1210. The van der Waals surface area contributed by atoms with E-state index in [0.717, 1.165) is 0 Å². The van der Waals surface area contributed by atoms with E-state index in [2.05, 4.69) is 51.3 Å². The fraction of sp³-hybridized carbons (Fsp3) is 0.690. The highest BCUT2D eigenvalue weighted by Gasteiger charge is 2.38. The summed E-state index contributed by atoms with van der Waals surface area (Å²) >= 11 is 0. The maximum absolute atomic E-state index is 13.5. The molecule has 1 aliphatic heterocycles. The predicted molar refractivity (Wildman–Crippen MR) is 157 cm³/mol. The van der Waals surface area contributed by atoms with Crippen LogP contribution in [0.2, 0.25) is 18.1 Å². The molecule has 1 atom stereocenters. The van der Waals surface area contributed by atoms with Gasteiger partial charge < -0.3 is 14.5 Å². The first-order chi connectivity index (χ1) is 18.4. The summed E-state index contributed by atoms with van der Waals surface area (Å²) < 4.78 is 40.3. The second-order valence-electron chi connectivity index (χ2n) is 13.1. The van der Waals surface area contributed by atoms with Gasteiger partial charge in [-0.05, 0) is 94.3 Å². The van der Waals surface area contributed by atoms with Gasteiger partial charge in [0, 0.05) is 32.2 Å². The summed E-state index contributed by atoms with van der Waals surface area (Å²) in [5.74, 6) is -0.0199. The minimum Gasteiger partial charge on any atom is -0.444 e. The Kier molecular flexibility index (Phi) is 11.4. The maximum atomic E-state index is 13.5. The molecule has 1 aliphatic rings. The molecule has 1 unspecified atom stereocenters. The van der Waals surface area contributed by atoms with Crippen molar-refractivity contribution in [2.45, 2.75) is 108 Å². The first kappa shape index (κ1) is 33.8. The largest absolute Gasteiger partial charge is 0.444 e. The highest BCUT2D eigenvalue weighted by Crippen LogP contribution is 2.37. The van der Waals surface area contributed by atoms with E-state index >= 15 is 0 Å². The number of alkyl carbamates (subject to hydrolysis) is 1. The van der Waals surface area contributed by atoms with Gasteiger partial charge in [0.2, 0.25) is 10.0 Å². The Balaban J connectivity index is 2.18. The summed E-state index contributed by atoms with van der Waals surface area (Å²) in [7, 11) is -5.82. The molecule has 0 saturated carbocycles. The van der Waals surface area contributed by atoms with Crippen molar-refractivity contribution in [3.05, 3.63) is 29.3 Å². The molecule has 1 saturated heterocycles. The van der Waals surface area contributed by atoms with Crippen LogP contribution in [0.5, 0.6) is 0 Å². The number of benzene rings is 1. The lowest BCUT2D eigenvalue weighted by Gasteiger charge is -2.37. The number of hydrogen-bond donors (Lipinski definition) is 1. The monoisotopic (exact) mass is 590 g/mol. The van der Waals surface area contributed by atoms with Gasteiger partial charge in [-0.3, -0.25) is 0 Å².